The lowest BCUT2D eigenvalue weighted by atomic mass is 10.1. The van der Waals surface area contributed by atoms with Crippen LogP contribution >= 0.6 is 24.0 Å². The summed E-state index contributed by atoms with van der Waals surface area (Å²) in [5.74, 6) is 0.845. The van der Waals surface area contributed by atoms with E-state index in [4.69, 9.17) is 16.6 Å². The van der Waals surface area contributed by atoms with Gasteiger partial charge in [-0.2, -0.15) is 0 Å². The van der Waals surface area contributed by atoms with Gasteiger partial charge in [-0.1, -0.05) is 41.9 Å². The predicted octanol–water partition coefficient (Wildman–Crippen LogP) is 4.88. The topological polar surface area (TPSA) is 48.4 Å². The number of anilines is 2. The van der Waals surface area contributed by atoms with E-state index in [1.807, 2.05) is 42.5 Å². The summed E-state index contributed by atoms with van der Waals surface area (Å²) < 4.78 is 0. The maximum atomic E-state index is 9.73. The monoisotopic (exact) mass is 403 g/mol. The van der Waals surface area contributed by atoms with E-state index in [0.717, 1.165) is 52.4 Å². The van der Waals surface area contributed by atoms with Gasteiger partial charge >= 0.3 is 0 Å². The van der Waals surface area contributed by atoms with Crippen molar-refractivity contribution in [2.75, 3.05) is 23.4 Å². The fraction of sp³-hybridized carbons (Fsp3) is 0.286. The summed E-state index contributed by atoms with van der Waals surface area (Å²) in [6.07, 6.45) is 2.14. The van der Waals surface area contributed by atoms with Gasteiger partial charge in [-0.05, 0) is 36.6 Å². The van der Waals surface area contributed by atoms with Gasteiger partial charge in [-0.3, -0.25) is 0 Å². The van der Waals surface area contributed by atoms with Gasteiger partial charge in [0.15, 0.2) is 0 Å². The van der Waals surface area contributed by atoms with Crippen LogP contribution in [-0.4, -0.2) is 29.3 Å². The second-order valence-corrected chi connectivity index (χ2v) is 7.13. The molecule has 4 rings (SSSR count). The highest BCUT2D eigenvalue weighted by molar-refractivity contribution is 6.30. The van der Waals surface area contributed by atoms with Crippen LogP contribution in [0.25, 0.3) is 10.9 Å². The lowest BCUT2D eigenvalue weighted by molar-refractivity contribution is 0.266. The summed E-state index contributed by atoms with van der Waals surface area (Å²) in [6, 6.07) is 18.3. The minimum atomic E-state index is 0. The first-order chi connectivity index (χ1) is 12.7. The van der Waals surface area contributed by atoms with Gasteiger partial charge in [0, 0.05) is 29.6 Å². The van der Waals surface area contributed by atoms with Crippen LogP contribution in [0.15, 0.2) is 54.6 Å². The molecule has 0 radical (unpaired) electrons. The summed E-state index contributed by atoms with van der Waals surface area (Å²) >= 11 is 5.96. The number of pyridine rings is 1. The molecule has 1 atom stereocenters. The van der Waals surface area contributed by atoms with Gasteiger partial charge in [0.2, 0.25) is 0 Å². The molecule has 2 aromatic carbocycles. The highest BCUT2D eigenvalue weighted by atomic mass is 35.5. The predicted molar refractivity (Wildman–Crippen MR) is 115 cm³/mol. The number of aliphatic hydroxyl groups excluding tert-OH is 1. The molecule has 0 amide bonds. The molecule has 1 fully saturated rings. The van der Waals surface area contributed by atoms with Gasteiger partial charge in [0.1, 0.15) is 5.82 Å². The van der Waals surface area contributed by atoms with Crippen molar-refractivity contribution in [2.24, 2.45) is 0 Å². The van der Waals surface area contributed by atoms with Crippen LogP contribution in [0.4, 0.5) is 11.5 Å². The van der Waals surface area contributed by atoms with E-state index in [1.165, 1.54) is 0 Å². The molecule has 0 aliphatic carbocycles. The lowest BCUT2D eigenvalue weighted by Gasteiger charge is -2.27. The number of fused-ring (bicyclic) bond motifs is 1. The molecule has 2 N–H and O–H groups in total. The third-order valence-corrected chi connectivity index (χ3v) is 5.23. The summed E-state index contributed by atoms with van der Waals surface area (Å²) in [7, 11) is 0. The molecule has 0 saturated carbocycles. The number of nitrogens with one attached hydrogen (secondary N) is 1. The largest absolute Gasteiger partial charge is 0.394 e. The maximum Gasteiger partial charge on any atom is 0.129 e. The van der Waals surface area contributed by atoms with Gasteiger partial charge in [0.05, 0.1) is 23.9 Å². The maximum absolute atomic E-state index is 9.73. The van der Waals surface area contributed by atoms with Gasteiger partial charge < -0.3 is 15.3 Å². The summed E-state index contributed by atoms with van der Waals surface area (Å²) in [5, 5.41) is 15.0. The van der Waals surface area contributed by atoms with Crippen LogP contribution in [0, 0.1) is 0 Å². The van der Waals surface area contributed by atoms with Crippen molar-refractivity contribution < 1.29 is 5.11 Å². The standard InChI is InChI=1S/C21H22ClN3O.ClH/c22-16-9-7-15(8-10-16)13-23-21-12-20(25-11-3-4-17(25)14-26)18-5-1-2-6-19(18)24-21;/h1-2,5-10,12,17,26H,3-4,11,13-14H2,(H,23,24);1H/t17-;/m1./s1. The Morgan fingerprint density at radius 2 is 1.93 bits per heavy atom. The zero-order chi connectivity index (χ0) is 17.9. The number of para-hydroxylation sites is 1. The van der Waals surface area contributed by atoms with E-state index in [-0.39, 0.29) is 25.1 Å². The SMILES string of the molecule is Cl.OC[C@H]1CCCN1c1cc(NCc2ccc(Cl)cc2)nc2ccccc12. The molecule has 0 unspecified atom stereocenters. The number of halogens is 2. The van der Waals surface area contributed by atoms with Crippen LogP contribution in [0.2, 0.25) is 5.02 Å². The summed E-state index contributed by atoms with van der Waals surface area (Å²) in [6.45, 7) is 1.84. The molecule has 6 heteroatoms. The Hall–Kier alpha value is -2.01. The zero-order valence-electron chi connectivity index (χ0n) is 14.9. The average molecular weight is 404 g/mol. The first-order valence-electron chi connectivity index (χ1n) is 9.00. The van der Waals surface area contributed by atoms with Crippen molar-refractivity contribution in [3.8, 4) is 0 Å². The van der Waals surface area contributed by atoms with E-state index in [1.54, 1.807) is 0 Å². The van der Waals surface area contributed by atoms with Crippen LogP contribution in [0.3, 0.4) is 0 Å². The number of rotatable bonds is 5. The van der Waals surface area contributed by atoms with E-state index in [2.05, 4.69) is 22.3 Å². The third kappa shape index (κ3) is 4.29. The fourth-order valence-electron chi connectivity index (χ4n) is 3.62. The van der Waals surface area contributed by atoms with Crippen molar-refractivity contribution in [2.45, 2.75) is 25.4 Å². The van der Waals surface area contributed by atoms with Gasteiger partial charge in [-0.25, -0.2) is 4.98 Å². The Kier molecular flexibility index (Phi) is 6.42. The molecule has 1 aliphatic rings. The second kappa shape index (κ2) is 8.79. The van der Waals surface area contributed by atoms with Gasteiger partial charge in [-0.15, -0.1) is 12.4 Å². The zero-order valence-corrected chi connectivity index (χ0v) is 16.5. The average Bonchev–Trinajstić information content (AvgIpc) is 3.15. The van der Waals surface area contributed by atoms with Crippen LogP contribution in [0.5, 0.6) is 0 Å². The van der Waals surface area contributed by atoms with E-state index < -0.39 is 0 Å². The molecule has 0 spiro atoms. The van der Waals surface area contributed by atoms with Crippen LogP contribution in [0.1, 0.15) is 18.4 Å². The lowest BCUT2D eigenvalue weighted by Crippen LogP contribution is -2.32. The van der Waals surface area contributed by atoms with Crippen LogP contribution in [-0.2, 0) is 6.54 Å². The highest BCUT2D eigenvalue weighted by Crippen LogP contribution is 2.33. The molecular weight excluding hydrogens is 381 g/mol. The number of aliphatic hydroxyl groups is 1. The van der Waals surface area contributed by atoms with Crippen molar-refractivity contribution in [3.05, 3.63) is 65.2 Å². The first-order valence-corrected chi connectivity index (χ1v) is 9.38. The molecule has 27 heavy (non-hydrogen) atoms. The molecular formula is C21H23Cl2N3O. The Bertz CT molecular complexity index is 902. The van der Waals surface area contributed by atoms with Crippen molar-refractivity contribution in [1.29, 1.82) is 0 Å². The normalized spacial score (nSPS) is 16.4. The number of benzene rings is 2. The van der Waals surface area contributed by atoms with E-state index >= 15 is 0 Å². The Balaban J connectivity index is 0.00000210. The van der Waals surface area contributed by atoms with Gasteiger partial charge in [0.25, 0.3) is 0 Å². The van der Waals surface area contributed by atoms with E-state index in [9.17, 15) is 5.11 Å². The molecule has 2 heterocycles. The quantitative estimate of drug-likeness (QED) is 0.636. The Morgan fingerprint density at radius 1 is 1.15 bits per heavy atom. The fourth-order valence-corrected chi connectivity index (χ4v) is 3.75. The number of aromatic nitrogens is 1. The molecule has 1 aliphatic heterocycles. The smallest absolute Gasteiger partial charge is 0.129 e. The number of hydrogen-bond donors (Lipinski definition) is 2. The summed E-state index contributed by atoms with van der Waals surface area (Å²) in [4.78, 5) is 7.08. The minimum Gasteiger partial charge on any atom is -0.394 e. The third-order valence-electron chi connectivity index (χ3n) is 4.98. The number of hydrogen-bond acceptors (Lipinski definition) is 4. The van der Waals surface area contributed by atoms with Crippen molar-refractivity contribution in [3.63, 3.8) is 0 Å². The molecule has 3 aromatic rings. The molecule has 1 aromatic heterocycles. The number of nitrogens with zero attached hydrogens (tertiary/aromatic N) is 2. The van der Waals surface area contributed by atoms with Crippen LogP contribution < -0.4 is 10.2 Å². The van der Waals surface area contributed by atoms with E-state index in [0.29, 0.717) is 6.54 Å². The first kappa shape index (κ1) is 19.7. The molecule has 1 saturated heterocycles. The van der Waals surface area contributed by atoms with Crippen molar-refractivity contribution >= 4 is 46.4 Å². The van der Waals surface area contributed by atoms with Crippen molar-refractivity contribution in [1.82, 2.24) is 4.98 Å². The Labute approximate surface area is 170 Å². The Morgan fingerprint density at radius 3 is 2.70 bits per heavy atom. The molecule has 0 bridgehead atoms. The highest BCUT2D eigenvalue weighted by Gasteiger charge is 2.25. The summed E-state index contributed by atoms with van der Waals surface area (Å²) in [5.41, 5.74) is 3.26. The molecule has 142 valence electrons. The minimum absolute atomic E-state index is 0. The second-order valence-electron chi connectivity index (χ2n) is 6.70. The molecule has 4 nitrogen and oxygen atoms in total.